The van der Waals surface area contributed by atoms with Gasteiger partial charge in [0.1, 0.15) is 18.5 Å². The van der Waals surface area contributed by atoms with Crippen LogP contribution >= 0.6 is 0 Å². The molecule has 0 saturated heterocycles. The van der Waals surface area contributed by atoms with Gasteiger partial charge in [-0.3, -0.25) is 14.4 Å². The minimum Gasteiger partial charge on any atom is -0.493 e. The Balaban J connectivity index is 1.40. The summed E-state index contributed by atoms with van der Waals surface area (Å²) in [5.74, 6) is 1.26. The Hall–Kier alpha value is -2.91. The van der Waals surface area contributed by atoms with E-state index in [1.807, 2.05) is 4.90 Å². The summed E-state index contributed by atoms with van der Waals surface area (Å²) >= 11 is 0. The van der Waals surface area contributed by atoms with Gasteiger partial charge in [0.25, 0.3) is 0 Å². The number of nitrogens with zero attached hydrogens (tertiary/aromatic N) is 1. The standard InChI is InChI=1S/C32H42N2O7/c1-32(2)20-8-7-19(23(32)13-20)15-34(31(39)18-5-4-6-18)24-14-22(30(38)33-9-10-35)26-21-11-17(16-36)12-25(40-3)28(21)41-29(26)27(24)37/h11-12,14,16,18-20,23-24,26-27,29,35,37H,4-10,13,15H2,1-3H3,(H,33,38)/t19-,20-,23-,24+,26-,27-,29-/m0/s1. The monoisotopic (exact) mass is 566 g/mol. The SMILES string of the molecule is COc1cc(C=O)cc2c1O[C@@H]1[C@@H](O)[C@H](N(C[C@@H]3CC[C@H]4C[C@@H]3C4(C)C)C(=O)C3CCC3)C=C(C(=O)NCCO)[C@H]21. The highest BCUT2D eigenvalue weighted by Crippen LogP contribution is 2.61. The molecule has 41 heavy (non-hydrogen) atoms. The predicted octanol–water partition coefficient (Wildman–Crippen LogP) is 2.83. The number of aliphatic hydroxyl groups is 2. The third-order valence-corrected chi connectivity index (χ3v) is 10.9. The lowest BCUT2D eigenvalue weighted by atomic mass is 9.45. The molecule has 1 aromatic rings. The van der Waals surface area contributed by atoms with Crippen LogP contribution in [0.2, 0.25) is 0 Å². The number of fused-ring (bicyclic) bond motifs is 5. The van der Waals surface area contributed by atoms with Gasteiger partial charge in [-0.1, -0.05) is 20.3 Å². The highest BCUT2D eigenvalue weighted by Gasteiger charge is 2.56. The second-order valence-corrected chi connectivity index (χ2v) is 13.2. The summed E-state index contributed by atoms with van der Waals surface area (Å²) in [7, 11) is 1.48. The van der Waals surface area contributed by atoms with Crippen LogP contribution in [0.3, 0.4) is 0 Å². The average Bonchev–Trinajstić information content (AvgIpc) is 3.33. The molecular formula is C32H42N2O7. The smallest absolute Gasteiger partial charge is 0.247 e. The van der Waals surface area contributed by atoms with Crippen LogP contribution < -0.4 is 14.8 Å². The van der Waals surface area contributed by atoms with E-state index < -0.39 is 30.1 Å². The fourth-order valence-corrected chi connectivity index (χ4v) is 8.24. The normalized spacial score (nSPS) is 32.7. The molecule has 2 amide bonds. The van der Waals surface area contributed by atoms with E-state index in [1.165, 1.54) is 13.5 Å². The molecule has 0 radical (unpaired) electrons. The number of nitrogens with one attached hydrogen (secondary N) is 1. The van der Waals surface area contributed by atoms with E-state index in [4.69, 9.17) is 9.47 Å². The van der Waals surface area contributed by atoms with Crippen molar-refractivity contribution < 1.29 is 34.1 Å². The summed E-state index contributed by atoms with van der Waals surface area (Å²) in [6.07, 6.45) is 6.60. The highest BCUT2D eigenvalue weighted by atomic mass is 16.5. The first kappa shape index (κ1) is 28.2. The van der Waals surface area contributed by atoms with Crippen molar-refractivity contribution in [1.82, 2.24) is 10.2 Å². The molecule has 2 bridgehead atoms. The molecule has 1 aromatic carbocycles. The first-order chi connectivity index (χ1) is 19.7. The topological polar surface area (TPSA) is 125 Å². The molecule has 0 spiro atoms. The van der Waals surface area contributed by atoms with Gasteiger partial charge in [0, 0.05) is 35.7 Å². The lowest BCUT2D eigenvalue weighted by molar-refractivity contribution is -0.152. The Kier molecular flexibility index (Phi) is 7.39. The fraction of sp³-hybridized carbons (Fsp3) is 0.656. The van der Waals surface area contributed by atoms with Crippen molar-refractivity contribution in [3.8, 4) is 11.5 Å². The minimum atomic E-state index is -1.10. The van der Waals surface area contributed by atoms with Gasteiger partial charge in [-0.05, 0) is 73.5 Å². The van der Waals surface area contributed by atoms with Gasteiger partial charge in [-0.15, -0.1) is 0 Å². The van der Waals surface area contributed by atoms with Gasteiger partial charge < -0.3 is 29.9 Å². The van der Waals surface area contributed by atoms with E-state index in [0.29, 0.717) is 52.9 Å². The van der Waals surface area contributed by atoms with Crippen molar-refractivity contribution in [3.05, 3.63) is 34.9 Å². The highest BCUT2D eigenvalue weighted by molar-refractivity contribution is 5.96. The second kappa shape index (κ2) is 10.7. The van der Waals surface area contributed by atoms with E-state index in [0.717, 1.165) is 38.0 Å². The van der Waals surface area contributed by atoms with Crippen molar-refractivity contribution in [3.63, 3.8) is 0 Å². The summed E-state index contributed by atoms with van der Waals surface area (Å²) in [5.41, 5.74) is 1.57. The number of ether oxygens (including phenoxy) is 2. The van der Waals surface area contributed by atoms with Crippen LogP contribution in [0.4, 0.5) is 0 Å². The van der Waals surface area contributed by atoms with Crippen LogP contribution in [-0.2, 0) is 9.59 Å². The van der Waals surface area contributed by atoms with Gasteiger partial charge in [0.15, 0.2) is 11.5 Å². The van der Waals surface area contributed by atoms with Crippen LogP contribution in [0.5, 0.6) is 11.5 Å². The number of carbonyl (C=O) groups is 3. The van der Waals surface area contributed by atoms with Crippen LogP contribution in [0.1, 0.15) is 74.2 Å². The summed E-state index contributed by atoms with van der Waals surface area (Å²) in [6, 6.07) is 2.50. The Labute approximate surface area is 241 Å². The van der Waals surface area contributed by atoms with E-state index in [2.05, 4.69) is 19.2 Å². The van der Waals surface area contributed by atoms with Crippen LogP contribution in [0.15, 0.2) is 23.8 Å². The maximum atomic E-state index is 14.0. The summed E-state index contributed by atoms with van der Waals surface area (Å²) in [6.45, 7) is 5.07. The Morgan fingerprint density at radius 3 is 2.61 bits per heavy atom. The molecule has 4 fully saturated rings. The summed E-state index contributed by atoms with van der Waals surface area (Å²) in [5, 5.41) is 24.1. The summed E-state index contributed by atoms with van der Waals surface area (Å²) in [4.78, 5) is 41.2. The quantitative estimate of drug-likeness (QED) is 0.393. The maximum Gasteiger partial charge on any atom is 0.247 e. The molecule has 9 heteroatoms. The van der Waals surface area contributed by atoms with Gasteiger partial charge in [-0.25, -0.2) is 0 Å². The molecule has 3 N–H and O–H groups in total. The van der Waals surface area contributed by atoms with Gasteiger partial charge in [0.2, 0.25) is 11.8 Å². The Morgan fingerprint density at radius 1 is 1.22 bits per heavy atom. The number of hydrogen-bond acceptors (Lipinski definition) is 7. The van der Waals surface area contributed by atoms with Crippen LogP contribution in [-0.4, -0.2) is 78.3 Å². The van der Waals surface area contributed by atoms with E-state index in [9.17, 15) is 24.6 Å². The van der Waals surface area contributed by atoms with Crippen LogP contribution in [0.25, 0.3) is 0 Å². The number of methoxy groups -OCH3 is 1. The number of rotatable bonds is 9. The molecule has 1 aliphatic heterocycles. The van der Waals surface area contributed by atoms with Gasteiger partial charge in [-0.2, -0.15) is 0 Å². The molecule has 7 atom stereocenters. The Bertz CT molecular complexity index is 1250. The molecule has 1 heterocycles. The fourth-order valence-electron chi connectivity index (χ4n) is 8.24. The van der Waals surface area contributed by atoms with Crippen molar-refractivity contribution in [2.75, 3.05) is 26.8 Å². The second-order valence-electron chi connectivity index (χ2n) is 13.2. The summed E-state index contributed by atoms with van der Waals surface area (Å²) < 4.78 is 11.9. The number of carbonyl (C=O) groups excluding carboxylic acids is 3. The molecule has 4 saturated carbocycles. The zero-order valence-electron chi connectivity index (χ0n) is 24.2. The van der Waals surface area contributed by atoms with Crippen molar-refractivity contribution in [1.29, 1.82) is 0 Å². The molecule has 7 rings (SSSR count). The average molecular weight is 567 g/mol. The first-order valence-electron chi connectivity index (χ1n) is 15.1. The maximum absolute atomic E-state index is 14.0. The molecule has 6 aliphatic rings. The number of aldehydes is 1. The lowest BCUT2D eigenvalue weighted by Crippen LogP contribution is -2.60. The largest absolute Gasteiger partial charge is 0.493 e. The molecule has 0 unspecified atom stereocenters. The molecule has 9 nitrogen and oxygen atoms in total. The third-order valence-electron chi connectivity index (χ3n) is 10.9. The van der Waals surface area contributed by atoms with Gasteiger partial charge in [0.05, 0.1) is 25.7 Å². The van der Waals surface area contributed by atoms with Crippen molar-refractivity contribution >= 4 is 18.1 Å². The molecule has 0 aromatic heterocycles. The third kappa shape index (κ3) is 4.56. The van der Waals surface area contributed by atoms with Gasteiger partial charge >= 0.3 is 0 Å². The first-order valence-corrected chi connectivity index (χ1v) is 15.1. The number of benzene rings is 1. The molecular weight excluding hydrogens is 524 g/mol. The number of amides is 2. The molecule has 5 aliphatic carbocycles. The predicted molar refractivity (Wildman–Crippen MR) is 151 cm³/mol. The minimum absolute atomic E-state index is 0.0423. The van der Waals surface area contributed by atoms with E-state index in [-0.39, 0.29) is 30.4 Å². The Morgan fingerprint density at radius 2 is 2.00 bits per heavy atom. The number of aliphatic hydroxyl groups excluding tert-OH is 2. The zero-order chi connectivity index (χ0) is 29.1. The molecule has 222 valence electrons. The van der Waals surface area contributed by atoms with Crippen molar-refractivity contribution in [2.45, 2.75) is 76.5 Å². The number of hydrogen-bond donors (Lipinski definition) is 3. The lowest BCUT2D eigenvalue weighted by Gasteiger charge is -2.61. The van der Waals surface area contributed by atoms with E-state index >= 15 is 0 Å². The van der Waals surface area contributed by atoms with Crippen molar-refractivity contribution in [2.24, 2.45) is 29.1 Å². The zero-order valence-corrected chi connectivity index (χ0v) is 24.2. The van der Waals surface area contributed by atoms with E-state index in [1.54, 1.807) is 18.2 Å². The van der Waals surface area contributed by atoms with Crippen LogP contribution in [0, 0.1) is 29.1 Å².